The molecule has 0 saturated carbocycles. The molecule has 1 aromatic carbocycles. The first-order chi connectivity index (χ1) is 7.46. The molecule has 0 saturated heterocycles. The molecule has 0 spiro atoms. The molecule has 0 bridgehead atoms. The molecular weight excluding hydrogens is 224 g/mol. The minimum absolute atomic E-state index is 0.118. The number of benzene rings is 1. The van der Waals surface area contributed by atoms with Gasteiger partial charge in [0.05, 0.1) is 0 Å². The molecule has 0 amide bonds. The van der Waals surface area contributed by atoms with Crippen LogP contribution in [0.3, 0.4) is 0 Å². The Morgan fingerprint density at radius 2 is 1.35 bits per heavy atom. The third kappa shape index (κ3) is 2.82. The van der Waals surface area contributed by atoms with Crippen molar-refractivity contribution in [3.05, 3.63) is 28.3 Å². The lowest BCUT2D eigenvalue weighted by Gasteiger charge is -2.30. The van der Waals surface area contributed by atoms with Gasteiger partial charge in [-0.05, 0) is 46.9 Å². The van der Waals surface area contributed by atoms with Crippen LogP contribution in [0.5, 0.6) is 0 Å². The van der Waals surface area contributed by atoms with Gasteiger partial charge in [-0.2, -0.15) is 0 Å². The molecule has 17 heavy (non-hydrogen) atoms. The van der Waals surface area contributed by atoms with Crippen molar-refractivity contribution in [1.29, 1.82) is 0 Å². The molecule has 1 rings (SSSR count). The van der Waals surface area contributed by atoms with Crippen molar-refractivity contribution in [1.82, 2.24) is 0 Å². The average molecular weight is 249 g/mol. The largest absolute Gasteiger partial charge is 0.0795 e. The van der Waals surface area contributed by atoms with E-state index in [9.17, 15) is 0 Å². The number of hydrogen-bond donors (Lipinski definition) is 0. The summed E-state index contributed by atoms with van der Waals surface area (Å²) < 4.78 is 0. The van der Waals surface area contributed by atoms with Gasteiger partial charge >= 0.3 is 0 Å². The highest BCUT2D eigenvalue weighted by molar-refractivity contribution is 7.80. The van der Waals surface area contributed by atoms with Crippen LogP contribution in [0.1, 0.15) is 63.8 Å². The predicted molar refractivity (Wildman–Crippen MR) is 79.2 cm³/mol. The van der Waals surface area contributed by atoms with Gasteiger partial charge in [-0.1, -0.05) is 60.2 Å². The fourth-order valence-electron chi connectivity index (χ4n) is 2.35. The zero-order valence-electron chi connectivity index (χ0n) is 12.5. The Hall–Kier alpha value is -0.560. The molecule has 0 fully saturated rings. The lowest BCUT2D eigenvalue weighted by atomic mass is 9.77. The SMILES string of the molecule is Cc1cc(C(C)(C)C)c([S])c(C(C)(C)C)c1C. The summed E-state index contributed by atoms with van der Waals surface area (Å²) in [6, 6.07) is 2.27. The predicted octanol–water partition coefficient (Wildman–Crippen LogP) is 5.45. The summed E-state index contributed by atoms with van der Waals surface area (Å²) >= 11 is 5.74. The van der Waals surface area contributed by atoms with Crippen LogP contribution in [0.2, 0.25) is 0 Å². The van der Waals surface area contributed by atoms with E-state index in [-0.39, 0.29) is 10.8 Å². The van der Waals surface area contributed by atoms with Crippen LogP contribution in [0, 0.1) is 13.8 Å². The standard InChI is InChI=1S/C16H25S/c1-10-9-12(15(3,4)5)14(17)13(11(10)2)16(6,7)8/h9H,1-8H3. The molecule has 0 aromatic heterocycles. The fourth-order valence-corrected chi connectivity index (χ4v) is 3.18. The summed E-state index contributed by atoms with van der Waals surface area (Å²) in [7, 11) is 0. The van der Waals surface area contributed by atoms with Gasteiger partial charge in [0, 0.05) is 4.90 Å². The third-order valence-corrected chi connectivity index (χ3v) is 3.78. The van der Waals surface area contributed by atoms with E-state index < -0.39 is 0 Å². The van der Waals surface area contributed by atoms with Crippen LogP contribution in [0.4, 0.5) is 0 Å². The number of rotatable bonds is 0. The third-order valence-electron chi connectivity index (χ3n) is 3.36. The summed E-state index contributed by atoms with van der Waals surface area (Å²) in [6.45, 7) is 17.8. The highest BCUT2D eigenvalue weighted by Gasteiger charge is 2.27. The second-order valence-electron chi connectivity index (χ2n) is 7.07. The van der Waals surface area contributed by atoms with E-state index in [1.165, 1.54) is 22.3 Å². The Morgan fingerprint density at radius 1 is 0.882 bits per heavy atom. The summed E-state index contributed by atoms with van der Waals surface area (Å²) in [5, 5.41) is 0. The van der Waals surface area contributed by atoms with Crippen LogP contribution in [0.15, 0.2) is 11.0 Å². The van der Waals surface area contributed by atoms with Crippen molar-refractivity contribution in [2.24, 2.45) is 0 Å². The average Bonchev–Trinajstić information content (AvgIpc) is 2.07. The van der Waals surface area contributed by atoms with E-state index in [1.807, 2.05) is 0 Å². The van der Waals surface area contributed by atoms with E-state index in [4.69, 9.17) is 12.6 Å². The van der Waals surface area contributed by atoms with Crippen molar-refractivity contribution in [2.75, 3.05) is 0 Å². The van der Waals surface area contributed by atoms with Gasteiger partial charge in [0.25, 0.3) is 0 Å². The van der Waals surface area contributed by atoms with Crippen molar-refractivity contribution in [3.63, 3.8) is 0 Å². The Labute approximate surface area is 112 Å². The second kappa shape index (κ2) is 4.28. The van der Waals surface area contributed by atoms with Crippen molar-refractivity contribution < 1.29 is 0 Å². The molecule has 1 heteroatoms. The molecule has 0 aliphatic heterocycles. The molecule has 0 aliphatic rings. The van der Waals surface area contributed by atoms with Gasteiger partial charge in [0.1, 0.15) is 0 Å². The van der Waals surface area contributed by atoms with Gasteiger partial charge in [0.2, 0.25) is 0 Å². The minimum atomic E-state index is 0.118. The van der Waals surface area contributed by atoms with Gasteiger partial charge < -0.3 is 0 Å². The van der Waals surface area contributed by atoms with E-state index in [2.05, 4.69) is 61.5 Å². The van der Waals surface area contributed by atoms with Crippen LogP contribution < -0.4 is 0 Å². The number of hydrogen-bond acceptors (Lipinski definition) is 0. The van der Waals surface area contributed by atoms with Gasteiger partial charge in [-0.15, -0.1) is 0 Å². The molecule has 1 radical (unpaired) electrons. The molecule has 0 aliphatic carbocycles. The monoisotopic (exact) mass is 249 g/mol. The smallest absolute Gasteiger partial charge is 0.0454 e. The first-order valence-corrected chi connectivity index (χ1v) is 6.69. The Morgan fingerprint density at radius 3 is 1.71 bits per heavy atom. The molecule has 0 N–H and O–H groups in total. The molecule has 0 heterocycles. The Bertz CT molecular complexity index is 428. The summed E-state index contributed by atoms with van der Waals surface area (Å²) in [4.78, 5) is 1.06. The maximum atomic E-state index is 5.74. The van der Waals surface area contributed by atoms with Crippen LogP contribution in [0.25, 0.3) is 0 Å². The van der Waals surface area contributed by atoms with E-state index in [0.29, 0.717) is 0 Å². The van der Waals surface area contributed by atoms with E-state index in [1.54, 1.807) is 0 Å². The molecule has 0 nitrogen and oxygen atoms in total. The van der Waals surface area contributed by atoms with Gasteiger partial charge in [-0.25, -0.2) is 0 Å². The van der Waals surface area contributed by atoms with Crippen LogP contribution >= 0.6 is 12.6 Å². The summed E-state index contributed by atoms with van der Waals surface area (Å²) in [5.74, 6) is 0. The highest BCUT2D eigenvalue weighted by Crippen LogP contribution is 2.39. The lowest BCUT2D eigenvalue weighted by molar-refractivity contribution is 0.543. The molecule has 95 valence electrons. The van der Waals surface area contributed by atoms with Crippen LogP contribution in [-0.4, -0.2) is 0 Å². The Kier molecular flexibility index (Phi) is 3.65. The molecule has 0 unspecified atom stereocenters. The molecular formula is C16H25S. The first kappa shape index (κ1) is 14.5. The summed E-state index contributed by atoms with van der Waals surface area (Å²) in [5.41, 5.74) is 5.60. The van der Waals surface area contributed by atoms with Crippen molar-refractivity contribution in [3.8, 4) is 0 Å². The summed E-state index contributed by atoms with van der Waals surface area (Å²) in [6.07, 6.45) is 0. The Balaban J connectivity index is 3.67. The van der Waals surface area contributed by atoms with E-state index >= 15 is 0 Å². The zero-order valence-corrected chi connectivity index (χ0v) is 13.3. The van der Waals surface area contributed by atoms with Crippen LogP contribution in [-0.2, 0) is 10.8 Å². The maximum Gasteiger partial charge on any atom is 0.0454 e. The topological polar surface area (TPSA) is 0 Å². The van der Waals surface area contributed by atoms with Gasteiger partial charge in [-0.3, -0.25) is 0 Å². The van der Waals surface area contributed by atoms with E-state index in [0.717, 1.165) is 4.90 Å². The van der Waals surface area contributed by atoms with Crippen molar-refractivity contribution >= 4 is 12.6 Å². The normalized spacial score (nSPS) is 12.9. The maximum absolute atomic E-state index is 5.74. The fraction of sp³-hybridized carbons (Fsp3) is 0.625. The number of aryl methyl sites for hydroxylation is 1. The minimum Gasteiger partial charge on any atom is -0.0795 e. The molecule has 1 aromatic rings. The van der Waals surface area contributed by atoms with Crippen molar-refractivity contribution in [2.45, 2.75) is 71.1 Å². The first-order valence-electron chi connectivity index (χ1n) is 6.28. The quantitative estimate of drug-likeness (QED) is 0.573. The van der Waals surface area contributed by atoms with Gasteiger partial charge in [0.15, 0.2) is 0 Å². The zero-order chi connectivity index (χ0) is 13.6. The lowest BCUT2D eigenvalue weighted by Crippen LogP contribution is -2.20. The molecule has 0 atom stereocenters. The highest BCUT2D eigenvalue weighted by atomic mass is 32.1. The second-order valence-corrected chi connectivity index (χ2v) is 7.48.